The summed E-state index contributed by atoms with van der Waals surface area (Å²) in [5, 5.41) is 0. The normalized spacial score (nSPS) is 13.9. The van der Waals surface area contributed by atoms with Gasteiger partial charge in [0.05, 0.1) is 12.2 Å². The van der Waals surface area contributed by atoms with Gasteiger partial charge in [-0.05, 0) is 34.1 Å². The standard InChI is InChI=1S/C9H20O6S2/c1-6-9(16(10,11)14-7(2)3)17(12,13)15-8(4)5/h7-9H,6H2,1-5H3. The van der Waals surface area contributed by atoms with Gasteiger partial charge in [-0.15, -0.1) is 0 Å². The Morgan fingerprint density at radius 3 is 1.29 bits per heavy atom. The Balaban J connectivity index is 5.22. The van der Waals surface area contributed by atoms with E-state index >= 15 is 0 Å². The van der Waals surface area contributed by atoms with Crippen LogP contribution in [0.3, 0.4) is 0 Å². The first kappa shape index (κ1) is 16.8. The van der Waals surface area contributed by atoms with Crippen molar-refractivity contribution in [1.29, 1.82) is 0 Å². The Morgan fingerprint density at radius 2 is 1.12 bits per heavy atom. The van der Waals surface area contributed by atoms with Gasteiger partial charge >= 0.3 is 0 Å². The Kier molecular flexibility index (Phi) is 6.06. The maximum absolute atomic E-state index is 11.7. The molecule has 0 N–H and O–H groups in total. The summed E-state index contributed by atoms with van der Waals surface area (Å²) < 4.78 is 54.5. The zero-order valence-corrected chi connectivity index (χ0v) is 12.3. The third-order valence-corrected chi connectivity index (χ3v) is 6.31. The summed E-state index contributed by atoms with van der Waals surface area (Å²) >= 11 is 0. The van der Waals surface area contributed by atoms with Crippen molar-refractivity contribution in [3.8, 4) is 0 Å². The summed E-state index contributed by atoms with van der Waals surface area (Å²) in [6.45, 7) is 7.51. The second kappa shape index (κ2) is 6.12. The van der Waals surface area contributed by atoms with E-state index in [0.717, 1.165) is 0 Å². The topological polar surface area (TPSA) is 86.7 Å². The minimum Gasteiger partial charge on any atom is -0.266 e. The first-order valence-electron chi connectivity index (χ1n) is 5.37. The molecule has 0 saturated heterocycles. The second-order valence-electron chi connectivity index (χ2n) is 4.11. The van der Waals surface area contributed by atoms with E-state index < -0.39 is 37.0 Å². The van der Waals surface area contributed by atoms with Crippen molar-refractivity contribution < 1.29 is 25.2 Å². The van der Waals surface area contributed by atoms with Gasteiger partial charge in [-0.3, -0.25) is 8.37 Å². The lowest BCUT2D eigenvalue weighted by atomic mass is 10.5. The molecule has 0 fully saturated rings. The molecule has 0 aromatic carbocycles. The lowest BCUT2D eigenvalue weighted by Gasteiger charge is -2.18. The van der Waals surface area contributed by atoms with Crippen LogP contribution in [0, 0.1) is 0 Å². The van der Waals surface area contributed by atoms with Crippen molar-refractivity contribution in [2.45, 2.75) is 57.8 Å². The highest BCUT2D eigenvalue weighted by molar-refractivity contribution is 8.04. The van der Waals surface area contributed by atoms with Gasteiger partial charge in [0.2, 0.25) is 4.58 Å². The number of rotatable bonds is 7. The van der Waals surface area contributed by atoms with Crippen LogP contribution in [0.15, 0.2) is 0 Å². The van der Waals surface area contributed by atoms with Crippen LogP contribution in [-0.2, 0) is 28.6 Å². The van der Waals surface area contributed by atoms with Gasteiger partial charge in [0.25, 0.3) is 20.2 Å². The van der Waals surface area contributed by atoms with Gasteiger partial charge in [0.15, 0.2) is 0 Å². The Bertz CT molecular complexity index is 380. The van der Waals surface area contributed by atoms with Crippen molar-refractivity contribution >= 4 is 20.2 Å². The fourth-order valence-electron chi connectivity index (χ4n) is 1.21. The minimum atomic E-state index is -4.19. The molecule has 6 nitrogen and oxygen atoms in total. The quantitative estimate of drug-likeness (QED) is 0.655. The van der Waals surface area contributed by atoms with Gasteiger partial charge in [-0.25, -0.2) is 0 Å². The van der Waals surface area contributed by atoms with E-state index in [-0.39, 0.29) is 6.42 Å². The van der Waals surface area contributed by atoms with Gasteiger partial charge in [-0.2, -0.15) is 16.8 Å². The van der Waals surface area contributed by atoms with E-state index in [1.165, 1.54) is 34.6 Å². The summed E-state index contributed by atoms with van der Waals surface area (Å²) in [7, 11) is -8.38. The molecule has 0 atom stereocenters. The van der Waals surface area contributed by atoms with Crippen molar-refractivity contribution in [2.24, 2.45) is 0 Å². The third-order valence-electron chi connectivity index (χ3n) is 1.63. The molecule has 0 radical (unpaired) electrons. The van der Waals surface area contributed by atoms with E-state index in [4.69, 9.17) is 0 Å². The van der Waals surface area contributed by atoms with Crippen LogP contribution in [0.4, 0.5) is 0 Å². The second-order valence-corrected chi connectivity index (χ2v) is 7.91. The molecular formula is C9H20O6S2. The summed E-state index contributed by atoms with van der Waals surface area (Å²) in [6.07, 6.45) is -1.34. The fourth-order valence-corrected chi connectivity index (χ4v) is 4.78. The first-order chi connectivity index (χ1) is 7.53. The average molecular weight is 288 g/mol. The van der Waals surface area contributed by atoms with Crippen LogP contribution in [0.2, 0.25) is 0 Å². The zero-order valence-electron chi connectivity index (χ0n) is 10.7. The largest absolute Gasteiger partial charge is 0.287 e. The third kappa shape index (κ3) is 5.33. The van der Waals surface area contributed by atoms with E-state index in [1.54, 1.807) is 0 Å². The van der Waals surface area contributed by atoms with Crippen molar-refractivity contribution in [3.05, 3.63) is 0 Å². The predicted octanol–water partition coefficient (Wildman–Crippen LogP) is 1.23. The van der Waals surface area contributed by atoms with Gasteiger partial charge in [0.1, 0.15) is 0 Å². The summed E-state index contributed by atoms with van der Waals surface area (Å²) in [5.74, 6) is 0. The molecule has 0 spiro atoms. The van der Waals surface area contributed by atoms with Crippen molar-refractivity contribution in [2.75, 3.05) is 0 Å². The highest BCUT2D eigenvalue weighted by Crippen LogP contribution is 2.20. The average Bonchev–Trinajstić information content (AvgIpc) is 1.96. The number of hydrogen-bond donors (Lipinski definition) is 0. The van der Waals surface area contributed by atoms with Crippen LogP contribution in [0.5, 0.6) is 0 Å². The molecule has 0 bridgehead atoms. The summed E-state index contributed by atoms with van der Waals surface area (Å²) in [6, 6.07) is 0. The van der Waals surface area contributed by atoms with E-state index in [1.807, 2.05) is 0 Å². The monoisotopic (exact) mass is 288 g/mol. The molecule has 0 aliphatic carbocycles. The smallest absolute Gasteiger partial charge is 0.266 e. The molecular weight excluding hydrogens is 268 g/mol. The van der Waals surface area contributed by atoms with Crippen LogP contribution >= 0.6 is 0 Å². The fraction of sp³-hybridized carbons (Fsp3) is 1.00. The predicted molar refractivity (Wildman–Crippen MR) is 64.4 cm³/mol. The number of hydrogen-bond acceptors (Lipinski definition) is 6. The highest BCUT2D eigenvalue weighted by atomic mass is 32.3. The molecule has 0 unspecified atom stereocenters. The molecule has 8 heteroatoms. The molecule has 0 aromatic heterocycles. The molecule has 17 heavy (non-hydrogen) atoms. The van der Waals surface area contributed by atoms with E-state index in [2.05, 4.69) is 8.37 Å². The Labute approximate surface area is 104 Å². The molecule has 0 heterocycles. The summed E-state index contributed by atoms with van der Waals surface area (Å²) in [5.41, 5.74) is 0. The SMILES string of the molecule is CCC(S(=O)(=O)OC(C)C)S(=O)(=O)OC(C)C. The Morgan fingerprint density at radius 1 is 0.824 bits per heavy atom. The molecule has 0 saturated carbocycles. The maximum Gasteiger partial charge on any atom is 0.287 e. The van der Waals surface area contributed by atoms with E-state index in [9.17, 15) is 16.8 Å². The van der Waals surface area contributed by atoms with Gasteiger partial charge < -0.3 is 0 Å². The van der Waals surface area contributed by atoms with Crippen LogP contribution < -0.4 is 0 Å². The van der Waals surface area contributed by atoms with Crippen LogP contribution in [0.25, 0.3) is 0 Å². The molecule has 0 aliphatic heterocycles. The van der Waals surface area contributed by atoms with Gasteiger partial charge in [0, 0.05) is 0 Å². The van der Waals surface area contributed by atoms with Crippen LogP contribution in [-0.4, -0.2) is 33.6 Å². The highest BCUT2D eigenvalue weighted by Gasteiger charge is 2.39. The molecule has 104 valence electrons. The van der Waals surface area contributed by atoms with Crippen molar-refractivity contribution in [1.82, 2.24) is 0 Å². The Hall–Kier alpha value is -0.180. The molecule has 0 aromatic rings. The minimum absolute atomic E-state index is 0.121. The molecule has 0 aliphatic rings. The lowest BCUT2D eigenvalue weighted by molar-refractivity contribution is 0.235. The van der Waals surface area contributed by atoms with Gasteiger partial charge in [-0.1, -0.05) is 6.92 Å². The molecule has 0 amide bonds. The lowest BCUT2D eigenvalue weighted by Crippen LogP contribution is -2.35. The van der Waals surface area contributed by atoms with E-state index in [0.29, 0.717) is 0 Å². The first-order valence-corrected chi connectivity index (χ1v) is 8.31. The summed E-state index contributed by atoms with van der Waals surface area (Å²) in [4.78, 5) is 0. The van der Waals surface area contributed by atoms with Crippen LogP contribution in [0.1, 0.15) is 41.0 Å². The zero-order chi connectivity index (χ0) is 13.9. The van der Waals surface area contributed by atoms with Crippen molar-refractivity contribution in [3.63, 3.8) is 0 Å². The molecule has 0 rings (SSSR count). The maximum atomic E-state index is 11.7.